The number of amides is 1. The lowest BCUT2D eigenvalue weighted by Gasteiger charge is -2.02. The van der Waals surface area contributed by atoms with E-state index in [0.29, 0.717) is 22.1 Å². The highest BCUT2D eigenvalue weighted by Crippen LogP contribution is 2.16. The molecule has 0 aromatic carbocycles. The molecule has 0 aliphatic carbocycles. The van der Waals surface area contributed by atoms with Gasteiger partial charge in [0.05, 0.1) is 10.7 Å². The summed E-state index contributed by atoms with van der Waals surface area (Å²) < 4.78 is 1.66. The van der Waals surface area contributed by atoms with Crippen molar-refractivity contribution in [1.29, 1.82) is 0 Å². The van der Waals surface area contributed by atoms with Crippen LogP contribution in [-0.2, 0) is 0 Å². The number of rotatable bonds is 2. The molecule has 0 spiro atoms. The van der Waals surface area contributed by atoms with Crippen LogP contribution in [0, 0.1) is 6.92 Å². The van der Waals surface area contributed by atoms with Crippen molar-refractivity contribution in [1.82, 2.24) is 14.8 Å². The number of fused-ring (bicyclic) bond motifs is 1. The summed E-state index contributed by atoms with van der Waals surface area (Å²) in [5, 5.41) is 4.44. The first kappa shape index (κ1) is 12.6. The summed E-state index contributed by atoms with van der Waals surface area (Å²) in [6.07, 6.45) is 1.66. The van der Waals surface area contributed by atoms with Gasteiger partial charge >= 0.3 is 0 Å². The second-order valence-corrected chi connectivity index (χ2v) is 4.56. The number of carbonyl (C=O) groups excluding carboxylic acids is 1. The van der Waals surface area contributed by atoms with Gasteiger partial charge in [0.15, 0.2) is 0 Å². The molecule has 94 valence electrons. The first-order valence-corrected chi connectivity index (χ1v) is 5.82. The lowest BCUT2D eigenvalue weighted by Crippen LogP contribution is -2.21. The smallest absolute Gasteiger partial charge is 0.290 e. The zero-order valence-electron chi connectivity index (χ0n) is 10.4. The molecular weight excluding hydrogens is 252 g/mol. The predicted molar refractivity (Wildman–Crippen MR) is 71.2 cm³/mol. The molecule has 0 unspecified atom stereocenters. The summed E-state index contributed by atoms with van der Waals surface area (Å²) in [7, 11) is 0. The second kappa shape index (κ2) is 4.78. The Morgan fingerprint density at radius 2 is 2.17 bits per heavy atom. The SMILES string of the molecule is CC(C)=NNC(=O)c1c(C)nc2ccc(Cl)cn12. The average Bonchev–Trinajstić information content (AvgIpc) is 2.61. The first-order chi connectivity index (χ1) is 8.49. The minimum Gasteiger partial charge on any atom is -0.294 e. The molecule has 0 saturated carbocycles. The van der Waals surface area contributed by atoms with E-state index in [-0.39, 0.29) is 5.91 Å². The van der Waals surface area contributed by atoms with Crippen molar-refractivity contribution in [3.05, 3.63) is 34.7 Å². The van der Waals surface area contributed by atoms with E-state index < -0.39 is 0 Å². The molecule has 2 aromatic heterocycles. The second-order valence-electron chi connectivity index (χ2n) is 4.12. The monoisotopic (exact) mass is 264 g/mol. The van der Waals surface area contributed by atoms with Gasteiger partial charge < -0.3 is 0 Å². The minimum atomic E-state index is -0.302. The maximum atomic E-state index is 12.0. The Labute approximate surface area is 109 Å². The van der Waals surface area contributed by atoms with E-state index in [1.165, 1.54) is 0 Å². The Morgan fingerprint density at radius 3 is 2.83 bits per heavy atom. The molecular formula is C12H13ClN4O. The van der Waals surface area contributed by atoms with E-state index in [0.717, 1.165) is 5.71 Å². The molecule has 0 atom stereocenters. The Hall–Kier alpha value is -1.88. The Balaban J connectivity index is 2.49. The minimum absolute atomic E-state index is 0.302. The number of nitrogens with one attached hydrogen (secondary N) is 1. The Morgan fingerprint density at radius 1 is 1.44 bits per heavy atom. The number of halogens is 1. The number of hydrogen-bond acceptors (Lipinski definition) is 3. The van der Waals surface area contributed by atoms with Crippen LogP contribution in [0.1, 0.15) is 30.0 Å². The maximum Gasteiger partial charge on any atom is 0.290 e. The quantitative estimate of drug-likeness (QED) is 0.669. The first-order valence-electron chi connectivity index (χ1n) is 5.44. The highest BCUT2D eigenvalue weighted by Gasteiger charge is 2.16. The van der Waals surface area contributed by atoms with Gasteiger partial charge in [-0.2, -0.15) is 5.10 Å². The molecule has 5 nitrogen and oxygen atoms in total. The van der Waals surface area contributed by atoms with Gasteiger partial charge in [-0.25, -0.2) is 10.4 Å². The molecule has 18 heavy (non-hydrogen) atoms. The molecule has 0 bridgehead atoms. The summed E-state index contributed by atoms with van der Waals surface area (Å²) in [4.78, 5) is 16.3. The van der Waals surface area contributed by atoms with E-state index in [2.05, 4.69) is 15.5 Å². The zero-order valence-corrected chi connectivity index (χ0v) is 11.1. The van der Waals surface area contributed by atoms with Crippen molar-refractivity contribution >= 4 is 28.9 Å². The van der Waals surface area contributed by atoms with E-state index in [1.807, 2.05) is 0 Å². The number of aryl methyl sites for hydroxylation is 1. The number of aromatic nitrogens is 2. The molecule has 2 heterocycles. The van der Waals surface area contributed by atoms with E-state index in [1.54, 1.807) is 43.5 Å². The molecule has 0 aliphatic rings. The number of hydrogen-bond donors (Lipinski definition) is 1. The molecule has 0 radical (unpaired) electrons. The van der Waals surface area contributed by atoms with Crippen LogP contribution in [0.15, 0.2) is 23.4 Å². The highest BCUT2D eigenvalue weighted by molar-refractivity contribution is 6.30. The number of pyridine rings is 1. The van der Waals surface area contributed by atoms with Crippen LogP contribution in [0.3, 0.4) is 0 Å². The lowest BCUT2D eigenvalue weighted by atomic mass is 10.3. The Bertz CT molecular complexity index is 641. The standard InChI is InChI=1S/C12H13ClN4O/c1-7(2)15-16-12(18)11-8(3)14-10-5-4-9(13)6-17(10)11/h4-6H,1-3H3,(H,16,18). The van der Waals surface area contributed by atoms with Gasteiger partial charge in [-0.15, -0.1) is 0 Å². The topological polar surface area (TPSA) is 58.8 Å². The van der Waals surface area contributed by atoms with Gasteiger partial charge in [-0.05, 0) is 32.9 Å². The largest absolute Gasteiger partial charge is 0.294 e. The number of nitrogens with zero attached hydrogens (tertiary/aromatic N) is 3. The van der Waals surface area contributed by atoms with Gasteiger partial charge in [0, 0.05) is 11.9 Å². The number of imidazole rings is 1. The fourth-order valence-electron chi connectivity index (χ4n) is 1.63. The van der Waals surface area contributed by atoms with E-state index >= 15 is 0 Å². The molecule has 0 aliphatic heterocycles. The lowest BCUT2D eigenvalue weighted by molar-refractivity contribution is 0.0948. The molecule has 0 saturated heterocycles. The van der Waals surface area contributed by atoms with Crippen LogP contribution in [-0.4, -0.2) is 21.0 Å². The van der Waals surface area contributed by atoms with Crippen LogP contribution in [0.5, 0.6) is 0 Å². The summed E-state index contributed by atoms with van der Waals surface area (Å²) >= 11 is 5.92. The van der Waals surface area contributed by atoms with Gasteiger partial charge in [-0.3, -0.25) is 9.20 Å². The summed E-state index contributed by atoms with van der Waals surface area (Å²) in [5.41, 5.74) is 5.01. The van der Waals surface area contributed by atoms with Crippen LogP contribution >= 0.6 is 11.6 Å². The van der Waals surface area contributed by atoms with Crippen LogP contribution in [0.2, 0.25) is 5.02 Å². The van der Waals surface area contributed by atoms with Crippen molar-refractivity contribution in [2.24, 2.45) is 5.10 Å². The normalized spacial score (nSPS) is 10.4. The fraction of sp³-hybridized carbons (Fsp3) is 0.250. The average molecular weight is 265 g/mol. The van der Waals surface area contributed by atoms with Crippen molar-refractivity contribution in [2.75, 3.05) is 0 Å². The van der Waals surface area contributed by atoms with E-state index in [9.17, 15) is 4.79 Å². The third kappa shape index (κ3) is 2.36. The van der Waals surface area contributed by atoms with Gasteiger partial charge in [0.25, 0.3) is 5.91 Å². The van der Waals surface area contributed by atoms with Crippen molar-refractivity contribution in [2.45, 2.75) is 20.8 Å². The molecule has 6 heteroatoms. The van der Waals surface area contributed by atoms with E-state index in [4.69, 9.17) is 11.6 Å². The van der Waals surface area contributed by atoms with Crippen molar-refractivity contribution in [3.63, 3.8) is 0 Å². The third-order valence-electron chi connectivity index (χ3n) is 2.35. The van der Waals surface area contributed by atoms with Crippen molar-refractivity contribution in [3.8, 4) is 0 Å². The summed E-state index contributed by atoms with van der Waals surface area (Å²) in [6.45, 7) is 5.38. The van der Waals surface area contributed by atoms with Crippen LogP contribution in [0.4, 0.5) is 0 Å². The summed E-state index contributed by atoms with van der Waals surface area (Å²) in [6, 6.07) is 3.50. The summed E-state index contributed by atoms with van der Waals surface area (Å²) in [5.74, 6) is -0.302. The van der Waals surface area contributed by atoms with Gasteiger partial charge in [0.2, 0.25) is 0 Å². The highest BCUT2D eigenvalue weighted by atomic mass is 35.5. The Kier molecular flexibility index (Phi) is 3.34. The van der Waals surface area contributed by atoms with Crippen LogP contribution < -0.4 is 5.43 Å². The van der Waals surface area contributed by atoms with Crippen molar-refractivity contribution < 1.29 is 4.79 Å². The van der Waals surface area contributed by atoms with Gasteiger partial charge in [0.1, 0.15) is 11.3 Å². The van der Waals surface area contributed by atoms with Gasteiger partial charge in [-0.1, -0.05) is 11.6 Å². The predicted octanol–water partition coefficient (Wildman–Crippen LogP) is 2.42. The zero-order chi connectivity index (χ0) is 13.3. The fourth-order valence-corrected chi connectivity index (χ4v) is 1.79. The molecule has 1 amide bonds. The number of hydrazone groups is 1. The number of carbonyl (C=O) groups is 1. The molecule has 0 fully saturated rings. The molecule has 2 rings (SSSR count). The molecule has 1 N–H and O–H groups in total. The molecule has 2 aromatic rings. The maximum absolute atomic E-state index is 12.0. The van der Waals surface area contributed by atoms with Crippen LogP contribution in [0.25, 0.3) is 5.65 Å². The third-order valence-corrected chi connectivity index (χ3v) is 2.58.